The zero-order chi connectivity index (χ0) is 10.1. The van der Waals surface area contributed by atoms with Crippen LogP contribution >= 0.6 is 22.9 Å². The van der Waals surface area contributed by atoms with Crippen molar-refractivity contribution in [1.29, 1.82) is 0 Å². The van der Waals surface area contributed by atoms with Gasteiger partial charge in [0.05, 0.1) is 16.3 Å². The molecule has 74 valence electrons. The number of rotatable bonds is 2. The van der Waals surface area contributed by atoms with Crippen LogP contribution in [0, 0.1) is 0 Å². The van der Waals surface area contributed by atoms with Crippen LogP contribution in [0.1, 0.15) is 18.1 Å². The van der Waals surface area contributed by atoms with Gasteiger partial charge in [0, 0.05) is 0 Å². The number of aliphatic hydroxyl groups excluding tert-OH is 1. The quantitative estimate of drug-likeness (QED) is 0.830. The van der Waals surface area contributed by atoms with Crippen molar-refractivity contribution in [3.05, 3.63) is 33.7 Å². The zero-order valence-corrected chi connectivity index (χ0v) is 9.45. The lowest BCUT2D eigenvalue weighted by atomic mass is 10.0. The summed E-state index contributed by atoms with van der Waals surface area (Å²) in [6.45, 7) is 2.16. The molecule has 2 rings (SSSR count). The number of benzene rings is 1. The maximum absolute atomic E-state index is 9.22. The number of fused-ring (bicyclic) bond motifs is 1. The molecular weight excluding hydrogens is 216 g/mol. The smallest absolute Gasteiger partial charge is 0.0685 e. The Labute approximate surface area is 91.9 Å². The number of halogens is 1. The first-order valence-electron chi connectivity index (χ1n) is 4.56. The van der Waals surface area contributed by atoms with E-state index in [4.69, 9.17) is 11.6 Å². The van der Waals surface area contributed by atoms with Gasteiger partial charge in [-0.05, 0) is 40.4 Å². The van der Waals surface area contributed by atoms with Crippen LogP contribution in [0.3, 0.4) is 0 Å². The molecular formula is C11H11ClOS. The first kappa shape index (κ1) is 9.97. The van der Waals surface area contributed by atoms with Gasteiger partial charge in [-0.3, -0.25) is 0 Å². The molecule has 0 bridgehead atoms. The highest BCUT2D eigenvalue weighted by Gasteiger charge is 2.09. The number of aliphatic hydroxyl groups is 1. The van der Waals surface area contributed by atoms with Crippen molar-refractivity contribution in [3.8, 4) is 0 Å². The average Bonchev–Trinajstić information content (AvgIpc) is 2.66. The first-order valence-corrected chi connectivity index (χ1v) is 5.82. The van der Waals surface area contributed by atoms with Crippen LogP contribution in [0.25, 0.3) is 10.1 Å². The van der Waals surface area contributed by atoms with E-state index in [2.05, 4.69) is 13.0 Å². The van der Waals surface area contributed by atoms with Crippen LogP contribution in [-0.2, 0) is 13.0 Å². The van der Waals surface area contributed by atoms with Gasteiger partial charge in [0.1, 0.15) is 0 Å². The minimum absolute atomic E-state index is 0.0642. The summed E-state index contributed by atoms with van der Waals surface area (Å²) in [7, 11) is 0. The fourth-order valence-electron chi connectivity index (χ4n) is 1.77. The van der Waals surface area contributed by atoms with Gasteiger partial charge in [0.25, 0.3) is 0 Å². The zero-order valence-electron chi connectivity index (χ0n) is 7.88. The highest BCUT2D eigenvalue weighted by molar-refractivity contribution is 7.17. The van der Waals surface area contributed by atoms with Crippen molar-refractivity contribution >= 4 is 33.0 Å². The van der Waals surface area contributed by atoms with E-state index in [1.54, 1.807) is 11.3 Å². The Morgan fingerprint density at radius 3 is 2.93 bits per heavy atom. The Morgan fingerprint density at radius 2 is 2.29 bits per heavy atom. The maximum Gasteiger partial charge on any atom is 0.0685 e. The maximum atomic E-state index is 9.22. The molecule has 0 saturated carbocycles. The minimum atomic E-state index is 0.0642. The summed E-state index contributed by atoms with van der Waals surface area (Å²) in [6, 6.07) is 3.95. The van der Waals surface area contributed by atoms with Gasteiger partial charge in [-0.1, -0.05) is 18.5 Å². The fourth-order valence-corrected chi connectivity index (χ4v) is 2.97. The van der Waals surface area contributed by atoms with Gasteiger partial charge in [-0.25, -0.2) is 0 Å². The predicted molar refractivity (Wildman–Crippen MR) is 62.1 cm³/mol. The second kappa shape index (κ2) is 3.89. The molecule has 14 heavy (non-hydrogen) atoms. The fraction of sp³-hybridized carbons (Fsp3) is 0.273. The summed E-state index contributed by atoms with van der Waals surface area (Å²) in [5, 5.41) is 13.2. The Balaban J connectivity index is 2.82. The Hall–Kier alpha value is -0.570. The highest BCUT2D eigenvalue weighted by atomic mass is 35.5. The lowest BCUT2D eigenvalue weighted by Crippen LogP contribution is -1.93. The van der Waals surface area contributed by atoms with Crippen molar-refractivity contribution in [2.45, 2.75) is 20.0 Å². The summed E-state index contributed by atoms with van der Waals surface area (Å²) >= 11 is 7.76. The Bertz CT molecular complexity index is 462. The van der Waals surface area contributed by atoms with E-state index < -0.39 is 0 Å². The molecule has 1 aromatic carbocycles. The predicted octanol–water partition coefficient (Wildman–Crippen LogP) is 3.61. The largest absolute Gasteiger partial charge is 0.392 e. The lowest BCUT2D eigenvalue weighted by Gasteiger charge is -2.08. The van der Waals surface area contributed by atoms with Crippen molar-refractivity contribution in [1.82, 2.24) is 0 Å². The molecule has 0 aliphatic heterocycles. The van der Waals surface area contributed by atoms with Crippen molar-refractivity contribution in [2.75, 3.05) is 0 Å². The van der Waals surface area contributed by atoms with Crippen LogP contribution < -0.4 is 0 Å². The molecule has 0 aliphatic rings. The van der Waals surface area contributed by atoms with Crippen LogP contribution in [0.4, 0.5) is 0 Å². The molecule has 0 atom stereocenters. The van der Waals surface area contributed by atoms with Crippen LogP contribution in [-0.4, -0.2) is 5.11 Å². The number of hydrogen-bond acceptors (Lipinski definition) is 2. The molecule has 0 aliphatic carbocycles. The van der Waals surface area contributed by atoms with E-state index in [1.165, 1.54) is 10.9 Å². The molecule has 0 unspecified atom stereocenters. The van der Waals surface area contributed by atoms with E-state index >= 15 is 0 Å². The van der Waals surface area contributed by atoms with Crippen molar-refractivity contribution < 1.29 is 5.11 Å². The van der Waals surface area contributed by atoms with Crippen LogP contribution in [0.2, 0.25) is 5.02 Å². The van der Waals surface area contributed by atoms with Gasteiger partial charge >= 0.3 is 0 Å². The molecule has 1 nitrogen and oxygen atoms in total. The van der Waals surface area contributed by atoms with Gasteiger partial charge in [0.2, 0.25) is 0 Å². The third kappa shape index (κ3) is 1.44. The Morgan fingerprint density at radius 1 is 1.50 bits per heavy atom. The van der Waals surface area contributed by atoms with Crippen molar-refractivity contribution in [2.24, 2.45) is 0 Å². The summed E-state index contributed by atoms with van der Waals surface area (Å²) in [5.74, 6) is 0. The third-order valence-corrected chi connectivity index (χ3v) is 3.78. The van der Waals surface area contributed by atoms with Gasteiger partial charge in [-0.2, -0.15) is 0 Å². The van der Waals surface area contributed by atoms with Gasteiger partial charge in [-0.15, -0.1) is 11.3 Å². The second-order valence-electron chi connectivity index (χ2n) is 3.17. The molecule has 0 spiro atoms. The monoisotopic (exact) mass is 226 g/mol. The molecule has 0 saturated heterocycles. The molecule has 0 radical (unpaired) electrons. The highest BCUT2D eigenvalue weighted by Crippen LogP contribution is 2.34. The normalized spacial score (nSPS) is 11.1. The van der Waals surface area contributed by atoms with E-state index in [0.29, 0.717) is 0 Å². The molecule has 1 aromatic heterocycles. The van der Waals surface area contributed by atoms with Crippen LogP contribution in [0.15, 0.2) is 17.5 Å². The number of aryl methyl sites for hydroxylation is 1. The number of thiophene rings is 1. The summed E-state index contributed by atoms with van der Waals surface area (Å²) < 4.78 is 1.13. The van der Waals surface area contributed by atoms with E-state index in [9.17, 15) is 5.11 Å². The SMILES string of the molecule is CCc1c(CO)cc(Cl)c2sccc12. The summed E-state index contributed by atoms with van der Waals surface area (Å²) in [6.07, 6.45) is 0.931. The molecule has 0 fully saturated rings. The van der Waals surface area contributed by atoms with Gasteiger partial charge in [0.15, 0.2) is 0 Å². The van der Waals surface area contributed by atoms with E-state index in [-0.39, 0.29) is 6.61 Å². The van der Waals surface area contributed by atoms with Crippen molar-refractivity contribution in [3.63, 3.8) is 0 Å². The summed E-state index contributed by atoms with van der Waals surface area (Å²) in [4.78, 5) is 0. The molecule has 3 heteroatoms. The average molecular weight is 227 g/mol. The molecule has 1 N–H and O–H groups in total. The second-order valence-corrected chi connectivity index (χ2v) is 4.49. The van der Waals surface area contributed by atoms with E-state index in [1.807, 2.05) is 11.4 Å². The minimum Gasteiger partial charge on any atom is -0.392 e. The summed E-state index contributed by atoms with van der Waals surface area (Å²) in [5.41, 5.74) is 2.16. The van der Waals surface area contributed by atoms with Gasteiger partial charge < -0.3 is 5.11 Å². The number of hydrogen-bond donors (Lipinski definition) is 1. The standard InChI is InChI=1S/C11H11ClOS/c1-2-8-7(6-13)5-10(12)11-9(8)3-4-14-11/h3-5,13H,2,6H2,1H3. The Kier molecular flexibility index (Phi) is 2.77. The molecule has 1 heterocycles. The molecule has 2 aromatic rings. The van der Waals surface area contributed by atoms with E-state index in [0.717, 1.165) is 21.7 Å². The lowest BCUT2D eigenvalue weighted by molar-refractivity contribution is 0.281. The third-order valence-electron chi connectivity index (χ3n) is 2.42. The first-order chi connectivity index (χ1) is 6.77. The topological polar surface area (TPSA) is 20.2 Å². The van der Waals surface area contributed by atoms with Crippen LogP contribution in [0.5, 0.6) is 0 Å². The molecule has 0 amide bonds.